The van der Waals surface area contributed by atoms with Gasteiger partial charge in [-0.3, -0.25) is 4.90 Å². The summed E-state index contributed by atoms with van der Waals surface area (Å²) in [7, 11) is 4.00. The van der Waals surface area contributed by atoms with E-state index >= 15 is 0 Å². The van der Waals surface area contributed by atoms with E-state index in [0.717, 1.165) is 32.5 Å². The quantitative estimate of drug-likeness (QED) is 0.460. The van der Waals surface area contributed by atoms with Crippen LogP contribution in [0.15, 0.2) is 0 Å². The lowest BCUT2D eigenvalue weighted by molar-refractivity contribution is -0.108. The molecule has 0 amide bonds. The molecule has 2 N–H and O–H groups in total. The average molecular weight is 231 g/mol. The molecule has 0 saturated carbocycles. The van der Waals surface area contributed by atoms with E-state index in [-0.39, 0.29) is 0 Å². The molecule has 0 radical (unpaired) electrons. The minimum atomic E-state index is 0.330. The first kappa shape index (κ1) is 17.9. The molecular weight excluding hydrogens is 202 g/mol. The zero-order valence-corrected chi connectivity index (χ0v) is 11.5. The number of hydrogen-bond donors (Lipinski definition) is 2. The molecule has 16 heavy (non-hydrogen) atoms. The number of hydrogen-bond acceptors (Lipinski definition) is 4. The zero-order valence-electron chi connectivity index (χ0n) is 11.5. The number of aldehydes is 1. The molecule has 1 unspecified atom stereocenters. The van der Waals surface area contributed by atoms with E-state index in [1.807, 2.05) is 20.9 Å². The van der Waals surface area contributed by atoms with E-state index in [9.17, 15) is 4.79 Å². The maximum Gasteiger partial charge on any atom is 0.121 e. The maximum absolute atomic E-state index is 10.4. The summed E-state index contributed by atoms with van der Waals surface area (Å²) in [6.07, 6.45) is 2.62. The second-order valence-corrected chi connectivity index (χ2v) is 3.54. The van der Waals surface area contributed by atoms with Gasteiger partial charge in [0.1, 0.15) is 6.29 Å². The highest BCUT2D eigenvalue weighted by Gasteiger charge is 2.07. The lowest BCUT2D eigenvalue weighted by atomic mass is 10.1. The first-order valence-corrected chi connectivity index (χ1v) is 6.24. The first-order valence-electron chi connectivity index (χ1n) is 6.24. The fourth-order valence-electron chi connectivity index (χ4n) is 1.43. The summed E-state index contributed by atoms with van der Waals surface area (Å²) in [5.41, 5.74) is 0. The van der Waals surface area contributed by atoms with Crippen molar-refractivity contribution in [2.45, 2.75) is 39.7 Å². The molecule has 0 spiro atoms. The maximum atomic E-state index is 10.4. The van der Waals surface area contributed by atoms with Crippen molar-refractivity contribution < 1.29 is 4.79 Å². The van der Waals surface area contributed by atoms with Crippen molar-refractivity contribution in [3.05, 3.63) is 0 Å². The second-order valence-electron chi connectivity index (χ2n) is 3.54. The van der Waals surface area contributed by atoms with Gasteiger partial charge in [0.2, 0.25) is 0 Å². The van der Waals surface area contributed by atoms with E-state index in [2.05, 4.69) is 29.5 Å². The van der Waals surface area contributed by atoms with E-state index < -0.39 is 0 Å². The summed E-state index contributed by atoms with van der Waals surface area (Å²) in [5, 5.41) is 6.39. The molecule has 0 aromatic rings. The van der Waals surface area contributed by atoms with Crippen LogP contribution in [0.4, 0.5) is 0 Å². The van der Waals surface area contributed by atoms with Crippen LogP contribution in [0.25, 0.3) is 0 Å². The summed E-state index contributed by atoms with van der Waals surface area (Å²) in [4.78, 5) is 12.6. The third kappa shape index (κ3) is 11.6. The molecule has 0 saturated heterocycles. The van der Waals surface area contributed by atoms with Crippen molar-refractivity contribution in [3.8, 4) is 0 Å². The Morgan fingerprint density at radius 3 is 2.44 bits per heavy atom. The molecule has 0 fully saturated rings. The Hall–Kier alpha value is -0.450. The number of nitrogens with zero attached hydrogens (tertiary/aromatic N) is 1. The van der Waals surface area contributed by atoms with Crippen LogP contribution in [-0.4, -0.2) is 51.1 Å². The Kier molecular flexibility index (Phi) is 16.3. The Morgan fingerprint density at radius 1 is 1.38 bits per heavy atom. The molecule has 1 atom stereocenters. The predicted molar refractivity (Wildman–Crippen MR) is 70.7 cm³/mol. The standard InChI is InChI=1S/C10H23N3O.C2H6/c1-4-12-10(6-8-14)5-7-13(3)9-11-2;1-2/h8,10-12H,4-7,9H2,1-3H3;1-2H3. The highest BCUT2D eigenvalue weighted by Crippen LogP contribution is 1.97. The third-order valence-electron chi connectivity index (χ3n) is 2.16. The fraction of sp³-hybridized carbons (Fsp3) is 0.917. The normalized spacial score (nSPS) is 11.9. The lowest BCUT2D eigenvalue weighted by Gasteiger charge is -2.20. The van der Waals surface area contributed by atoms with Crippen LogP contribution in [0.5, 0.6) is 0 Å². The summed E-state index contributed by atoms with van der Waals surface area (Å²) >= 11 is 0. The highest BCUT2D eigenvalue weighted by atomic mass is 16.1. The smallest absolute Gasteiger partial charge is 0.121 e. The van der Waals surface area contributed by atoms with E-state index in [1.54, 1.807) is 0 Å². The van der Waals surface area contributed by atoms with Crippen LogP contribution in [0.2, 0.25) is 0 Å². The van der Waals surface area contributed by atoms with Gasteiger partial charge in [-0.1, -0.05) is 20.8 Å². The molecule has 4 nitrogen and oxygen atoms in total. The molecule has 0 aromatic heterocycles. The van der Waals surface area contributed by atoms with Crippen molar-refractivity contribution in [3.63, 3.8) is 0 Å². The summed E-state index contributed by atoms with van der Waals surface area (Å²) in [6, 6.07) is 0.330. The molecule has 0 rings (SSSR count). The van der Waals surface area contributed by atoms with Crippen LogP contribution >= 0.6 is 0 Å². The minimum Gasteiger partial charge on any atom is -0.314 e. The Morgan fingerprint density at radius 2 is 2.00 bits per heavy atom. The van der Waals surface area contributed by atoms with Gasteiger partial charge in [-0.25, -0.2) is 0 Å². The molecule has 0 aliphatic carbocycles. The van der Waals surface area contributed by atoms with Crippen LogP contribution in [0.3, 0.4) is 0 Å². The molecule has 98 valence electrons. The van der Waals surface area contributed by atoms with Gasteiger partial charge in [0.05, 0.1) is 0 Å². The Bertz CT molecular complexity index is 142. The van der Waals surface area contributed by atoms with Crippen LogP contribution in [-0.2, 0) is 4.79 Å². The number of carbonyl (C=O) groups excluding carboxylic acids is 1. The number of nitrogens with one attached hydrogen (secondary N) is 2. The van der Waals surface area contributed by atoms with Crippen molar-refractivity contribution in [2.75, 3.05) is 33.9 Å². The molecule has 0 aliphatic rings. The van der Waals surface area contributed by atoms with E-state index in [4.69, 9.17) is 0 Å². The summed E-state index contributed by atoms with van der Waals surface area (Å²) < 4.78 is 0. The molecule has 0 aliphatic heterocycles. The second kappa shape index (κ2) is 14.6. The average Bonchev–Trinajstić information content (AvgIpc) is 2.30. The van der Waals surface area contributed by atoms with Gasteiger partial charge in [-0.15, -0.1) is 0 Å². The van der Waals surface area contributed by atoms with E-state index in [1.165, 1.54) is 0 Å². The van der Waals surface area contributed by atoms with Gasteiger partial charge in [-0.2, -0.15) is 0 Å². The Balaban J connectivity index is 0. The molecule has 4 heteroatoms. The third-order valence-corrected chi connectivity index (χ3v) is 2.16. The van der Waals surface area contributed by atoms with Gasteiger partial charge in [0.15, 0.2) is 0 Å². The fourth-order valence-corrected chi connectivity index (χ4v) is 1.43. The number of carbonyl (C=O) groups is 1. The van der Waals surface area contributed by atoms with E-state index in [0.29, 0.717) is 12.5 Å². The topological polar surface area (TPSA) is 44.4 Å². The molecule has 0 aromatic carbocycles. The van der Waals surface area contributed by atoms with Crippen LogP contribution in [0, 0.1) is 0 Å². The summed E-state index contributed by atoms with van der Waals surface area (Å²) in [6.45, 7) is 8.88. The van der Waals surface area contributed by atoms with Crippen LogP contribution in [0.1, 0.15) is 33.6 Å². The van der Waals surface area contributed by atoms with Gasteiger partial charge in [0.25, 0.3) is 0 Å². The van der Waals surface area contributed by atoms with Gasteiger partial charge in [0, 0.05) is 25.7 Å². The monoisotopic (exact) mass is 231 g/mol. The zero-order chi connectivity index (χ0) is 12.8. The van der Waals surface area contributed by atoms with Crippen molar-refractivity contribution in [1.82, 2.24) is 15.5 Å². The van der Waals surface area contributed by atoms with Crippen molar-refractivity contribution in [2.24, 2.45) is 0 Å². The predicted octanol–water partition coefficient (Wildman–Crippen LogP) is 1.08. The van der Waals surface area contributed by atoms with Gasteiger partial charge < -0.3 is 15.4 Å². The SMILES string of the molecule is CC.CCNC(CC=O)CCN(C)CNC. The van der Waals surface area contributed by atoms with Gasteiger partial charge >= 0.3 is 0 Å². The minimum absolute atomic E-state index is 0.330. The first-order chi connectivity index (χ1) is 7.74. The molecular formula is C12H29N3O. The van der Waals surface area contributed by atoms with Crippen molar-refractivity contribution >= 4 is 6.29 Å². The van der Waals surface area contributed by atoms with Crippen LogP contribution < -0.4 is 10.6 Å². The Labute approximate surface area is 101 Å². The largest absolute Gasteiger partial charge is 0.314 e. The molecule has 0 heterocycles. The highest BCUT2D eigenvalue weighted by molar-refractivity contribution is 5.50. The van der Waals surface area contributed by atoms with Gasteiger partial charge in [-0.05, 0) is 27.1 Å². The summed E-state index contributed by atoms with van der Waals surface area (Å²) in [5.74, 6) is 0. The lowest BCUT2D eigenvalue weighted by Crippen LogP contribution is -2.35. The number of rotatable bonds is 9. The molecule has 0 bridgehead atoms. The van der Waals surface area contributed by atoms with Crippen molar-refractivity contribution in [1.29, 1.82) is 0 Å².